The quantitative estimate of drug-likeness (QED) is 0.662. The van der Waals surface area contributed by atoms with E-state index in [9.17, 15) is 15.2 Å². The Hall–Kier alpha value is -2.36. The minimum absolute atomic E-state index is 0.154. The number of phenolic OH excluding ortho intramolecular Hbond substituents is 1. The highest BCUT2D eigenvalue weighted by molar-refractivity contribution is 5.33. The summed E-state index contributed by atoms with van der Waals surface area (Å²) in [6, 6.07) is 15.4. The van der Waals surface area contributed by atoms with Crippen LogP contribution in [-0.2, 0) is 6.42 Å². The summed E-state index contributed by atoms with van der Waals surface area (Å²) in [5, 5.41) is 20.3. The lowest BCUT2D eigenvalue weighted by molar-refractivity contribution is -0.459. The Morgan fingerprint density at radius 2 is 1.67 bits per heavy atom. The van der Waals surface area contributed by atoms with Gasteiger partial charge in [0.05, 0.1) is 6.42 Å². The molecule has 91 valence electrons. The topological polar surface area (TPSA) is 63.4 Å². The van der Waals surface area contributed by atoms with E-state index in [1.165, 1.54) is 12.1 Å². The summed E-state index contributed by atoms with van der Waals surface area (Å²) in [6.45, 7) is 0. The van der Waals surface area contributed by atoms with Crippen LogP contribution in [0.2, 0.25) is 0 Å². The van der Waals surface area contributed by atoms with Crippen molar-refractivity contribution in [3.05, 3.63) is 81.9 Å². The highest BCUT2D eigenvalue weighted by atomic mass is 16.6. The molecule has 2 aromatic carbocycles. The number of nitro groups is 1. The molecule has 0 amide bonds. The van der Waals surface area contributed by atoms with Crippen LogP contribution >= 0.6 is 0 Å². The predicted molar refractivity (Wildman–Crippen MR) is 67.6 cm³/mol. The normalized spacial score (nSPS) is 10.5. The van der Waals surface area contributed by atoms with Crippen molar-refractivity contribution in [2.24, 2.45) is 0 Å². The van der Waals surface area contributed by atoms with Crippen molar-refractivity contribution in [3.8, 4) is 5.75 Å². The fraction of sp³-hybridized carbons (Fsp3) is 0.0714. The van der Waals surface area contributed by atoms with Gasteiger partial charge in [0.25, 0.3) is 0 Å². The van der Waals surface area contributed by atoms with Crippen molar-refractivity contribution in [1.82, 2.24) is 0 Å². The lowest BCUT2D eigenvalue weighted by atomic mass is 9.99. The number of nitrogens with zero attached hydrogens (tertiary/aromatic N) is 1. The molecule has 0 unspecified atom stereocenters. The van der Waals surface area contributed by atoms with Gasteiger partial charge in [0, 0.05) is 10.5 Å². The molecule has 1 N–H and O–H groups in total. The van der Waals surface area contributed by atoms with Crippen molar-refractivity contribution in [3.63, 3.8) is 0 Å². The second-order valence-corrected chi connectivity index (χ2v) is 3.91. The summed E-state index contributed by atoms with van der Waals surface area (Å²) in [5.74, 6) is 0.154. The number of hydrogen-bond donors (Lipinski definition) is 1. The number of rotatable bonds is 4. The molecule has 0 aromatic heterocycles. The smallest absolute Gasteiger partial charge is 0.324 e. The lowest BCUT2D eigenvalue weighted by Crippen LogP contribution is -2.14. The molecule has 0 aliphatic heterocycles. The number of hydrogen-bond acceptors (Lipinski definition) is 3. The highest BCUT2D eigenvalue weighted by Gasteiger charge is 2.25. The van der Waals surface area contributed by atoms with Gasteiger partial charge in [-0.25, -0.2) is 0 Å². The molecule has 18 heavy (non-hydrogen) atoms. The summed E-state index contributed by atoms with van der Waals surface area (Å²) in [6.07, 6.45) is 0.233. The zero-order chi connectivity index (χ0) is 13.0. The Kier molecular flexibility index (Phi) is 3.57. The second-order valence-electron chi connectivity index (χ2n) is 3.91. The molecule has 0 saturated heterocycles. The van der Waals surface area contributed by atoms with Crippen molar-refractivity contribution in [2.75, 3.05) is 0 Å². The zero-order valence-electron chi connectivity index (χ0n) is 9.61. The van der Waals surface area contributed by atoms with Crippen LogP contribution in [0.3, 0.4) is 0 Å². The van der Waals surface area contributed by atoms with Crippen LogP contribution in [0.4, 0.5) is 0 Å². The van der Waals surface area contributed by atoms with E-state index >= 15 is 0 Å². The molecule has 1 radical (unpaired) electrons. The maximum absolute atomic E-state index is 11.1. The molecule has 2 aromatic rings. The van der Waals surface area contributed by atoms with E-state index in [-0.39, 0.29) is 23.1 Å². The van der Waals surface area contributed by atoms with Gasteiger partial charge in [0.2, 0.25) is 0 Å². The molecule has 0 spiro atoms. The van der Waals surface area contributed by atoms with Crippen LogP contribution in [0.5, 0.6) is 5.75 Å². The van der Waals surface area contributed by atoms with Gasteiger partial charge in [-0.1, -0.05) is 42.5 Å². The Bertz CT molecular complexity index is 522. The van der Waals surface area contributed by atoms with Crippen molar-refractivity contribution >= 4 is 0 Å². The van der Waals surface area contributed by atoms with Crippen molar-refractivity contribution in [1.29, 1.82) is 0 Å². The summed E-state index contributed by atoms with van der Waals surface area (Å²) < 4.78 is 0. The molecule has 0 atom stereocenters. The number of phenols is 1. The van der Waals surface area contributed by atoms with Crippen LogP contribution in [0.15, 0.2) is 54.6 Å². The van der Waals surface area contributed by atoms with E-state index in [1.54, 1.807) is 36.4 Å². The van der Waals surface area contributed by atoms with E-state index in [2.05, 4.69) is 0 Å². The Balaban J connectivity index is 2.22. The van der Waals surface area contributed by atoms with Gasteiger partial charge >= 0.3 is 6.04 Å². The lowest BCUT2D eigenvalue weighted by Gasteiger charge is -2.07. The Morgan fingerprint density at radius 3 is 2.22 bits per heavy atom. The Labute approximate surface area is 105 Å². The van der Waals surface area contributed by atoms with E-state index in [0.29, 0.717) is 5.56 Å². The SMILES string of the molecule is O=[N+]([O-])[C](Cc1ccc(O)cc1)c1ccccc1. The largest absolute Gasteiger partial charge is 0.508 e. The van der Waals surface area contributed by atoms with E-state index in [0.717, 1.165) is 5.56 Å². The molecule has 2 rings (SSSR count). The molecular formula is C14H12NO3. The van der Waals surface area contributed by atoms with Gasteiger partial charge in [-0.15, -0.1) is 0 Å². The molecular weight excluding hydrogens is 230 g/mol. The van der Waals surface area contributed by atoms with Crippen LogP contribution < -0.4 is 0 Å². The number of aromatic hydroxyl groups is 1. The summed E-state index contributed by atoms with van der Waals surface area (Å²) in [7, 11) is 0. The van der Waals surface area contributed by atoms with Crippen molar-refractivity contribution < 1.29 is 10.0 Å². The van der Waals surface area contributed by atoms with Crippen molar-refractivity contribution in [2.45, 2.75) is 6.42 Å². The third-order valence-corrected chi connectivity index (χ3v) is 2.64. The zero-order valence-corrected chi connectivity index (χ0v) is 9.61. The monoisotopic (exact) mass is 242 g/mol. The highest BCUT2D eigenvalue weighted by Crippen LogP contribution is 2.21. The van der Waals surface area contributed by atoms with Gasteiger partial charge in [0.15, 0.2) is 0 Å². The number of benzene rings is 2. The van der Waals surface area contributed by atoms with Gasteiger partial charge in [-0.2, -0.15) is 0 Å². The predicted octanol–water partition coefficient (Wildman–Crippen LogP) is 2.79. The fourth-order valence-corrected chi connectivity index (χ4v) is 1.71. The van der Waals surface area contributed by atoms with Gasteiger partial charge in [-0.3, -0.25) is 10.1 Å². The molecule has 4 nitrogen and oxygen atoms in total. The average molecular weight is 242 g/mol. The standard InChI is InChI=1S/C14H12NO3/c16-13-8-6-11(7-9-13)10-14(15(17)18)12-4-2-1-3-5-12/h1-9,16H,10H2. The summed E-state index contributed by atoms with van der Waals surface area (Å²) in [4.78, 5) is 10.7. The average Bonchev–Trinajstić information content (AvgIpc) is 2.38. The van der Waals surface area contributed by atoms with Crippen LogP contribution in [-0.4, -0.2) is 10.0 Å². The first-order chi connectivity index (χ1) is 8.66. The molecule has 4 heteroatoms. The summed E-state index contributed by atoms with van der Waals surface area (Å²) >= 11 is 0. The molecule has 0 aliphatic carbocycles. The molecule has 0 saturated carbocycles. The van der Waals surface area contributed by atoms with E-state index in [4.69, 9.17) is 0 Å². The fourth-order valence-electron chi connectivity index (χ4n) is 1.71. The third kappa shape index (κ3) is 2.85. The van der Waals surface area contributed by atoms with E-state index < -0.39 is 0 Å². The molecule has 0 fully saturated rings. The maximum atomic E-state index is 11.1. The molecule has 0 heterocycles. The van der Waals surface area contributed by atoms with Crippen LogP contribution in [0.25, 0.3) is 0 Å². The van der Waals surface area contributed by atoms with Gasteiger partial charge in [0.1, 0.15) is 5.75 Å². The second kappa shape index (κ2) is 5.31. The third-order valence-electron chi connectivity index (χ3n) is 2.64. The Morgan fingerprint density at radius 1 is 1.06 bits per heavy atom. The molecule has 0 aliphatic rings. The van der Waals surface area contributed by atoms with Gasteiger partial charge in [-0.05, 0) is 17.7 Å². The first-order valence-corrected chi connectivity index (χ1v) is 5.50. The minimum Gasteiger partial charge on any atom is -0.508 e. The molecule has 0 bridgehead atoms. The first kappa shape index (κ1) is 12.1. The van der Waals surface area contributed by atoms with Crippen LogP contribution in [0.1, 0.15) is 11.1 Å². The van der Waals surface area contributed by atoms with Crippen LogP contribution in [0, 0.1) is 16.2 Å². The summed E-state index contributed by atoms with van der Waals surface area (Å²) in [5.41, 5.74) is 1.40. The van der Waals surface area contributed by atoms with E-state index in [1.807, 2.05) is 6.07 Å². The minimum atomic E-state index is -0.359. The van der Waals surface area contributed by atoms with Gasteiger partial charge < -0.3 is 5.11 Å². The first-order valence-electron chi connectivity index (χ1n) is 5.50. The maximum Gasteiger partial charge on any atom is 0.324 e.